The van der Waals surface area contributed by atoms with E-state index in [2.05, 4.69) is 19.5 Å². The number of hydrogen-bond acceptors (Lipinski definition) is 6. The zero-order chi connectivity index (χ0) is 20.3. The lowest BCUT2D eigenvalue weighted by atomic mass is 10.2. The van der Waals surface area contributed by atoms with Gasteiger partial charge in [-0.3, -0.25) is 0 Å². The summed E-state index contributed by atoms with van der Waals surface area (Å²) in [6.45, 7) is 2.91. The molecule has 0 spiro atoms. The van der Waals surface area contributed by atoms with Gasteiger partial charge < -0.3 is 19.3 Å². The molecule has 3 aromatic rings. The highest BCUT2D eigenvalue weighted by Crippen LogP contribution is 2.36. The van der Waals surface area contributed by atoms with Crippen LogP contribution in [0.2, 0.25) is 0 Å². The van der Waals surface area contributed by atoms with Gasteiger partial charge in [-0.05, 0) is 36.4 Å². The fourth-order valence-electron chi connectivity index (χ4n) is 3.14. The number of alkyl halides is 3. The standard InChI is InChI=1S/C20H18F3N3O2S/c21-20(22,23)28-17-8-6-15(7-9-17)25-10-12-26(13-11-25)18-19(29-14-24-18)27-16-4-2-1-3-5-16/h1-9,14H,10-13H2. The van der Waals surface area contributed by atoms with Gasteiger partial charge in [-0.2, -0.15) is 0 Å². The van der Waals surface area contributed by atoms with Gasteiger partial charge in [0, 0.05) is 31.9 Å². The first-order valence-electron chi connectivity index (χ1n) is 9.00. The number of ether oxygens (including phenoxy) is 2. The summed E-state index contributed by atoms with van der Waals surface area (Å²) < 4.78 is 46.8. The van der Waals surface area contributed by atoms with Crippen LogP contribution in [-0.4, -0.2) is 37.5 Å². The highest BCUT2D eigenvalue weighted by molar-refractivity contribution is 7.12. The maximum Gasteiger partial charge on any atom is 0.573 e. The van der Waals surface area contributed by atoms with Gasteiger partial charge in [0.1, 0.15) is 11.5 Å². The number of para-hydroxylation sites is 1. The monoisotopic (exact) mass is 421 g/mol. The first kappa shape index (κ1) is 19.4. The topological polar surface area (TPSA) is 37.8 Å². The summed E-state index contributed by atoms with van der Waals surface area (Å²) >= 11 is 1.45. The van der Waals surface area contributed by atoms with E-state index in [9.17, 15) is 13.2 Å². The number of hydrogen-bond donors (Lipinski definition) is 0. The second-order valence-electron chi connectivity index (χ2n) is 6.39. The van der Waals surface area contributed by atoms with Crippen molar-refractivity contribution in [1.82, 2.24) is 4.98 Å². The van der Waals surface area contributed by atoms with E-state index in [1.807, 2.05) is 30.3 Å². The van der Waals surface area contributed by atoms with E-state index in [0.717, 1.165) is 48.5 Å². The van der Waals surface area contributed by atoms with Crippen molar-refractivity contribution < 1.29 is 22.6 Å². The molecule has 0 N–H and O–H groups in total. The maximum atomic E-state index is 12.3. The molecular weight excluding hydrogens is 403 g/mol. The predicted molar refractivity (Wildman–Crippen MR) is 106 cm³/mol. The molecular formula is C20H18F3N3O2S. The van der Waals surface area contributed by atoms with E-state index in [1.165, 1.54) is 23.5 Å². The van der Waals surface area contributed by atoms with Crippen LogP contribution in [0.3, 0.4) is 0 Å². The van der Waals surface area contributed by atoms with E-state index in [1.54, 1.807) is 17.6 Å². The van der Waals surface area contributed by atoms with Crippen molar-refractivity contribution in [3.8, 4) is 16.6 Å². The van der Waals surface area contributed by atoms with E-state index < -0.39 is 6.36 Å². The lowest BCUT2D eigenvalue weighted by Crippen LogP contribution is -2.46. The number of piperazine rings is 1. The number of nitrogens with zero attached hydrogens (tertiary/aromatic N) is 3. The fraction of sp³-hybridized carbons (Fsp3) is 0.250. The molecule has 2 aromatic carbocycles. The quantitative estimate of drug-likeness (QED) is 0.569. The number of thiazole rings is 1. The molecule has 9 heteroatoms. The Morgan fingerprint density at radius 1 is 0.828 bits per heavy atom. The molecule has 1 saturated heterocycles. The summed E-state index contributed by atoms with van der Waals surface area (Å²) in [5.41, 5.74) is 2.62. The Bertz CT molecular complexity index is 924. The smallest absolute Gasteiger partial charge is 0.443 e. The molecule has 0 bridgehead atoms. The summed E-state index contributed by atoms with van der Waals surface area (Å²) in [6.07, 6.45) is -4.68. The molecule has 1 fully saturated rings. The lowest BCUT2D eigenvalue weighted by molar-refractivity contribution is -0.274. The summed E-state index contributed by atoms with van der Waals surface area (Å²) in [6, 6.07) is 15.5. The zero-order valence-electron chi connectivity index (χ0n) is 15.3. The number of aromatic nitrogens is 1. The van der Waals surface area contributed by atoms with Crippen LogP contribution >= 0.6 is 11.3 Å². The number of halogens is 3. The maximum absolute atomic E-state index is 12.3. The van der Waals surface area contributed by atoms with Gasteiger partial charge in [-0.15, -0.1) is 13.2 Å². The third-order valence-electron chi connectivity index (χ3n) is 4.49. The summed E-state index contributed by atoms with van der Waals surface area (Å²) in [4.78, 5) is 8.74. The highest BCUT2D eigenvalue weighted by atomic mass is 32.1. The molecule has 29 heavy (non-hydrogen) atoms. The third kappa shape index (κ3) is 4.92. The average Bonchev–Trinajstić information content (AvgIpc) is 3.16. The van der Waals surface area contributed by atoms with E-state index in [-0.39, 0.29) is 5.75 Å². The SMILES string of the molecule is FC(F)(F)Oc1ccc(N2CCN(c3ncsc3Oc3ccccc3)CC2)cc1. The van der Waals surface area contributed by atoms with Crippen molar-refractivity contribution in [1.29, 1.82) is 0 Å². The van der Waals surface area contributed by atoms with Crippen molar-refractivity contribution in [3.05, 3.63) is 60.1 Å². The first-order valence-corrected chi connectivity index (χ1v) is 9.88. The van der Waals surface area contributed by atoms with Crippen LogP contribution in [0.4, 0.5) is 24.7 Å². The van der Waals surface area contributed by atoms with Gasteiger partial charge in [0.15, 0.2) is 5.82 Å². The van der Waals surface area contributed by atoms with Gasteiger partial charge in [-0.25, -0.2) is 4.98 Å². The molecule has 0 radical (unpaired) electrons. The van der Waals surface area contributed by atoms with Crippen molar-refractivity contribution in [2.24, 2.45) is 0 Å². The van der Waals surface area contributed by atoms with E-state index in [4.69, 9.17) is 4.74 Å². The second kappa shape index (κ2) is 8.20. The van der Waals surface area contributed by atoms with Crippen molar-refractivity contribution in [2.75, 3.05) is 36.0 Å². The summed E-state index contributed by atoms with van der Waals surface area (Å²) in [5.74, 6) is 1.36. The minimum atomic E-state index is -4.68. The summed E-state index contributed by atoms with van der Waals surface area (Å²) in [7, 11) is 0. The first-order chi connectivity index (χ1) is 14.0. The molecule has 0 unspecified atom stereocenters. The number of benzene rings is 2. The minimum absolute atomic E-state index is 0.218. The molecule has 4 rings (SSSR count). The molecule has 1 aliphatic heterocycles. The second-order valence-corrected chi connectivity index (χ2v) is 7.21. The Morgan fingerprint density at radius 2 is 1.48 bits per heavy atom. The number of anilines is 2. The predicted octanol–water partition coefficient (Wildman–Crippen LogP) is 5.16. The van der Waals surface area contributed by atoms with Gasteiger partial charge in [0.2, 0.25) is 5.06 Å². The summed E-state index contributed by atoms with van der Waals surface area (Å²) in [5, 5.41) is 0.748. The van der Waals surface area contributed by atoms with Crippen molar-refractivity contribution in [3.63, 3.8) is 0 Å². The Labute approximate surface area is 169 Å². The van der Waals surface area contributed by atoms with Crippen LogP contribution in [-0.2, 0) is 0 Å². The van der Waals surface area contributed by atoms with E-state index >= 15 is 0 Å². The highest BCUT2D eigenvalue weighted by Gasteiger charge is 2.31. The van der Waals surface area contributed by atoms with Crippen LogP contribution in [0.1, 0.15) is 0 Å². The van der Waals surface area contributed by atoms with Crippen molar-refractivity contribution in [2.45, 2.75) is 6.36 Å². The fourth-order valence-corrected chi connectivity index (χ4v) is 3.82. The largest absolute Gasteiger partial charge is 0.573 e. The lowest BCUT2D eigenvalue weighted by Gasteiger charge is -2.36. The van der Waals surface area contributed by atoms with Gasteiger partial charge >= 0.3 is 6.36 Å². The minimum Gasteiger partial charge on any atom is -0.443 e. The Balaban J connectivity index is 1.37. The van der Waals surface area contributed by atoms with Crippen LogP contribution in [0, 0.1) is 0 Å². The molecule has 152 valence electrons. The zero-order valence-corrected chi connectivity index (χ0v) is 16.1. The normalized spacial score (nSPS) is 14.7. The molecule has 0 atom stereocenters. The van der Waals surface area contributed by atoms with E-state index in [0.29, 0.717) is 0 Å². The van der Waals surface area contributed by atoms with Crippen LogP contribution < -0.4 is 19.3 Å². The Kier molecular flexibility index (Phi) is 5.48. The molecule has 0 amide bonds. The Hall–Kier alpha value is -2.94. The molecule has 1 aromatic heterocycles. The Morgan fingerprint density at radius 3 is 2.14 bits per heavy atom. The van der Waals surface area contributed by atoms with Crippen LogP contribution in [0.5, 0.6) is 16.6 Å². The molecule has 2 heterocycles. The molecule has 5 nitrogen and oxygen atoms in total. The van der Waals surface area contributed by atoms with Gasteiger partial charge in [0.05, 0.1) is 5.51 Å². The van der Waals surface area contributed by atoms with Gasteiger partial charge in [0.25, 0.3) is 0 Å². The van der Waals surface area contributed by atoms with Crippen molar-refractivity contribution >= 4 is 22.8 Å². The number of rotatable bonds is 5. The van der Waals surface area contributed by atoms with Gasteiger partial charge in [-0.1, -0.05) is 29.5 Å². The molecule has 0 saturated carbocycles. The van der Waals surface area contributed by atoms with Crippen LogP contribution in [0.25, 0.3) is 0 Å². The third-order valence-corrected chi connectivity index (χ3v) is 5.18. The molecule has 0 aliphatic carbocycles. The average molecular weight is 421 g/mol. The molecule has 1 aliphatic rings. The van der Waals surface area contributed by atoms with Crippen LogP contribution in [0.15, 0.2) is 60.1 Å².